The number of benzene rings is 2. The number of carbonyl (C=O) groups is 2. The Kier molecular flexibility index (Phi) is 2.97. The number of hydrogen-bond donors (Lipinski definition) is 2. The Morgan fingerprint density at radius 3 is 1.91 bits per heavy atom. The summed E-state index contributed by atoms with van der Waals surface area (Å²) in [5, 5.41) is 21.4. The largest absolute Gasteiger partial charge is 0.507 e. The van der Waals surface area contributed by atoms with Crippen molar-refractivity contribution in [3.8, 4) is 5.75 Å². The molecule has 4 nitrogen and oxygen atoms in total. The van der Waals surface area contributed by atoms with Crippen molar-refractivity contribution >= 4 is 11.6 Å². The molecule has 22 heavy (non-hydrogen) atoms. The maximum absolute atomic E-state index is 12.7. The van der Waals surface area contributed by atoms with Crippen LogP contribution in [0, 0.1) is 20.8 Å². The van der Waals surface area contributed by atoms with Crippen LogP contribution in [0.25, 0.3) is 0 Å². The van der Waals surface area contributed by atoms with Crippen LogP contribution in [0.2, 0.25) is 0 Å². The molecule has 0 unspecified atom stereocenters. The van der Waals surface area contributed by atoms with Gasteiger partial charge in [0.2, 0.25) is 17.2 Å². The van der Waals surface area contributed by atoms with Crippen LogP contribution in [0.5, 0.6) is 5.75 Å². The fraction of sp³-hybridized carbons (Fsp3) is 0.222. The highest BCUT2D eigenvalue weighted by Crippen LogP contribution is 2.44. The molecule has 0 fully saturated rings. The summed E-state index contributed by atoms with van der Waals surface area (Å²) in [5.74, 6) is -1.58. The van der Waals surface area contributed by atoms with Gasteiger partial charge >= 0.3 is 0 Å². The molecule has 0 saturated heterocycles. The second kappa shape index (κ2) is 4.52. The van der Waals surface area contributed by atoms with Crippen LogP contribution < -0.4 is 0 Å². The molecule has 0 spiro atoms. The van der Waals surface area contributed by atoms with E-state index in [9.17, 15) is 19.8 Å². The topological polar surface area (TPSA) is 74.6 Å². The van der Waals surface area contributed by atoms with Gasteiger partial charge in [0.15, 0.2) is 0 Å². The van der Waals surface area contributed by atoms with Gasteiger partial charge in [-0.2, -0.15) is 0 Å². The average molecular weight is 296 g/mol. The number of phenols is 1. The molecule has 1 aliphatic rings. The number of aliphatic hydroxyl groups is 1. The number of aromatic hydroxyl groups is 1. The molecule has 0 aliphatic heterocycles. The van der Waals surface area contributed by atoms with Gasteiger partial charge in [-0.3, -0.25) is 9.59 Å². The van der Waals surface area contributed by atoms with Gasteiger partial charge < -0.3 is 10.2 Å². The van der Waals surface area contributed by atoms with E-state index in [-0.39, 0.29) is 22.4 Å². The first-order valence-corrected chi connectivity index (χ1v) is 7.01. The predicted molar refractivity (Wildman–Crippen MR) is 81.3 cm³/mol. The standard InChI is InChI=1S/C18H16O4/c1-9-8-10(2)15(19)14(11(9)3)18(22)16(20)12-6-4-5-7-13(12)17(18)21/h4-8,19,22H,1-3H3. The Hall–Kier alpha value is -2.46. The first-order valence-electron chi connectivity index (χ1n) is 7.01. The summed E-state index contributed by atoms with van der Waals surface area (Å²) in [7, 11) is 0. The number of Topliss-reactive ketones (excluding diaryl/α,β-unsaturated/α-hetero) is 2. The van der Waals surface area contributed by atoms with Crippen LogP contribution in [-0.4, -0.2) is 21.8 Å². The zero-order chi connectivity index (χ0) is 16.2. The van der Waals surface area contributed by atoms with Gasteiger partial charge in [0.05, 0.1) is 0 Å². The summed E-state index contributed by atoms with van der Waals surface area (Å²) in [6, 6.07) is 8.08. The number of carbonyl (C=O) groups excluding carboxylic acids is 2. The average Bonchev–Trinajstić information content (AvgIpc) is 2.69. The van der Waals surface area contributed by atoms with E-state index in [1.54, 1.807) is 32.0 Å². The lowest BCUT2D eigenvalue weighted by Crippen LogP contribution is -2.39. The third-order valence-electron chi connectivity index (χ3n) is 4.45. The minimum absolute atomic E-state index is 0.00352. The fourth-order valence-corrected chi connectivity index (χ4v) is 3.12. The van der Waals surface area contributed by atoms with Gasteiger partial charge in [0.25, 0.3) is 0 Å². The number of aryl methyl sites for hydroxylation is 2. The normalized spacial score (nSPS) is 16.0. The quantitative estimate of drug-likeness (QED) is 0.793. The van der Waals surface area contributed by atoms with E-state index in [0.29, 0.717) is 11.1 Å². The Morgan fingerprint density at radius 1 is 0.909 bits per heavy atom. The first-order chi connectivity index (χ1) is 10.3. The summed E-state index contributed by atoms with van der Waals surface area (Å²) >= 11 is 0. The van der Waals surface area contributed by atoms with Gasteiger partial charge in [-0.15, -0.1) is 0 Å². The van der Waals surface area contributed by atoms with Crippen LogP contribution in [0.15, 0.2) is 30.3 Å². The fourth-order valence-electron chi connectivity index (χ4n) is 3.12. The molecule has 112 valence electrons. The molecule has 0 saturated carbocycles. The second-order valence-corrected chi connectivity index (χ2v) is 5.77. The summed E-state index contributed by atoms with van der Waals surface area (Å²) in [6.07, 6.45) is 0. The van der Waals surface area contributed by atoms with E-state index in [4.69, 9.17) is 0 Å². The van der Waals surface area contributed by atoms with Gasteiger partial charge in [-0.05, 0) is 37.5 Å². The molecule has 2 N–H and O–H groups in total. The highest BCUT2D eigenvalue weighted by Gasteiger charge is 2.55. The third-order valence-corrected chi connectivity index (χ3v) is 4.45. The zero-order valence-corrected chi connectivity index (χ0v) is 12.6. The van der Waals surface area contributed by atoms with Crippen LogP contribution in [0.4, 0.5) is 0 Å². The molecule has 0 radical (unpaired) electrons. The Balaban J connectivity index is 2.35. The van der Waals surface area contributed by atoms with Crippen molar-refractivity contribution in [3.63, 3.8) is 0 Å². The Labute approximate surface area is 128 Å². The van der Waals surface area contributed by atoms with Crippen molar-refractivity contribution in [1.29, 1.82) is 0 Å². The summed E-state index contributed by atoms with van der Waals surface area (Å²) in [6.45, 7) is 5.17. The number of ketones is 2. The minimum Gasteiger partial charge on any atom is -0.507 e. The maximum atomic E-state index is 12.7. The molecule has 4 heteroatoms. The molecular formula is C18H16O4. The van der Waals surface area contributed by atoms with Crippen LogP contribution >= 0.6 is 0 Å². The molecule has 2 aromatic carbocycles. The van der Waals surface area contributed by atoms with Crippen LogP contribution in [-0.2, 0) is 5.60 Å². The van der Waals surface area contributed by atoms with Crippen molar-refractivity contribution in [2.75, 3.05) is 0 Å². The van der Waals surface area contributed by atoms with E-state index in [1.807, 2.05) is 6.92 Å². The molecule has 0 amide bonds. The van der Waals surface area contributed by atoms with E-state index >= 15 is 0 Å². The smallest absolute Gasteiger partial charge is 0.220 e. The Morgan fingerprint density at radius 2 is 1.41 bits per heavy atom. The monoisotopic (exact) mass is 296 g/mol. The third kappa shape index (κ3) is 1.61. The summed E-state index contributed by atoms with van der Waals surface area (Å²) < 4.78 is 0. The highest BCUT2D eigenvalue weighted by atomic mass is 16.3. The van der Waals surface area contributed by atoms with E-state index < -0.39 is 17.2 Å². The molecule has 0 atom stereocenters. The van der Waals surface area contributed by atoms with Crippen molar-refractivity contribution in [2.24, 2.45) is 0 Å². The van der Waals surface area contributed by atoms with Gasteiger partial charge in [0.1, 0.15) is 5.75 Å². The lowest BCUT2D eigenvalue weighted by Gasteiger charge is -2.25. The highest BCUT2D eigenvalue weighted by molar-refractivity contribution is 6.32. The zero-order valence-electron chi connectivity index (χ0n) is 12.6. The number of fused-ring (bicyclic) bond motifs is 1. The molecule has 0 aromatic heterocycles. The molecular weight excluding hydrogens is 280 g/mol. The van der Waals surface area contributed by atoms with Gasteiger partial charge in [-0.25, -0.2) is 0 Å². The predicted octanol–water partition coefficient (Wildman–Crippen LogP) is 2.58. The van der Waals surface area contributed by atoms with Crippen molar-refractivity contribution in [3.05, 3.63) is 63.7 Å². The lowest BCUT2D eigenvalue weighted by atomic mass is 9.82. The minimum atomic E-state index is -2.35. The van der Waals surface area contributed by atoms with Crippen LogP contribution in [0.3, 0.4) is 0 Å². The second-order valence-electron chi connectivity index (χ2n) is 5.77. The lowest BCUT2D eigenvalue weighted by molar-refractivity contribution is 0.0310. The molecule has 0 bridgehead atoms. The van der Waals surface area contributed by atoms with Crippen molar-refractivity contribution in [2.45, 2.75) is 26.4 Å². The molecule has 2 aromatic rings. The maximum Gasteiger partial charge on any atom is 0.220 e. The van der Waals surface area contributed by atoms with E-state index in [1.165, 1.54) is 12.1 Å². The van der Waals surface area contributed by atoms with Gasteiger partial charge in [-0.1, -0.05) is 30.3 Å². The Bertz CT molecular complexity index is 772. The molecule has 0 heterocycles. The first kappa shape index (κ1) is 14.5. The van der Waals surface area contributed by atoms with E-state index in [2.05, 4.69) is 0 Å². The number of rotatable bonds is 1. The van der Waals surface area contributed by atoms with Crippen molar-refractivity contribution < 1.29 is 19.8 Å². The number of phenolic OH excluding ortho intramolecular Hbond substituents is 1. The van der Waals surface area contributed by atoms with E-state index in [0.717, 1.165) is 5.56 Å². The summed E-state index contributed by atoms with van der Waals surface area (Å²) in [5.41, 5.74) is -0.121. The number of hydrogen-bond acceptors (Lipinski definition) is 4. The molecule has 1 aliphatic carbocycles. The van der Waals surface area contributed by atoms with Gasteiger partial charge in [0, 0.05) is 16.7 Å². The SMILES string of the molecule is Cc1cc(C)c(O)c(C2(O)C(=O)c3ccccc3C2=O)c1C. The molecule has 3 rings (SSSR count). The summed E-state index contributed by atoms with van der Waals surface area (Å²) in [4.78, 5) is 25.3. The van der Waals surface area contributed by atoms with Crippen molar-refractivity contribution in [1.82, 2.24) is 0 Å². The van der Waals surface area contributed by atoms with Crippen LogP contribution in [0.1, 0.15) is 43.0 Å².